The fourth-order valence-electron chi connectivity index (χ4n) is 2.54. The molecular weight excluding hydrogens is 348 g/mol. The van der Waals surface area contributed by atoms with E-state index in [1.165, 1.54) is 13.2 Å². The Kier molecular flexibility index (Phi) is 6.51. The Morgan fingerprint density at radius 3 is 2.76 bits per heavy atom. The van der Waals surface area contributed by atoms with Crippen LogP contribution in [0.4, 0.5) is 5.69 Å². The zero-order valence-corrected chi connectivity index (χ0v) is 15.0. The van der Waals surface area contributed by atoms with E-state index in [1.807, 2.05) is 0 Å². The van der Waals surface area contributed by atoms with Crippen molar-refractivity contribution in [3.63, 3.8) is 0 Å². The number of sulfonamides is 1. The first-order valence-corrected chi connectivity index (χ1v) is 9.69. The van der Waals surface area contributed by atoms with E-state index in [9.17, 15) is 18.0 Å². The van der Waals surface area contributed by atoms with Gasteiger partial charge in [0.05, 0.1) is 31.6 Å². The quantitative estimate of drug-likeness (QED) is 0.714. The molecule has 2 rings (SSSR count). The molecule has 1 N–H and O–H groups in total. The van der Waals surface area contributed by atoms with Crippen LogP contribution in [0, 0.1) is 0 Å². The average Bonchev–Trinajstić information content (AvgIpc) is 3.06. The third kappa shape index (κ3) is 5.80. The van der Waals surface area contributed by atoms with Gasteiger partial charge in [0, 0.05) is 18.8 Å². The maximum Gasteiger partial charge on any atom is 0.337 e. The van der Waals surface area contributed by atoms with Crippen molar-refractivity contribution in [3.8, 4) is 0 Å². The first-order chi connectivity index (χ1) is 11.8. The number of ether oxygens (including phenoxy) is 2. The Bertz CT molecular complexity index is 728. The number of benzene rings is 1. The molecule has 1 unspecified atom stereocenters. The Labute approximate surface area is 147 Å². The maximum atomic E-state index is 12.2. The van der Waals surface area contributed by atoms with Crippen LogP contribution >= 0.6 is 0 Å². The average molecular weight is 370 g/mol. The molecule has 1 saturated heterocycles. The molecule has 0 spiro atoms. The molecule has 1 aromatic rings. The van der Waals surface area contributed by atoms with E-state index in [0.29, 0.717) is 17.9 Å². The summed E-state index contributed by atoms with van der Waals surface area (Å²) in [7, 11) is -2.28. The molecule has 1 aliphatic heterocycles. The first-order valence-electron chi connectivity index (χ1n) is 7.84. The molecule has 1 amide bonds. The number of nitrogens with one attached hydrogen (secondary N) is 1. The minimum Gasteiger partial charge on any atom is -0.465 e. The number of nitrogens with zero attached hydrogens (tertiary/aromatic N) is 1. The standard InChI is InChI=1S/C16H22N2O6S/c1-23-16(20)12-5-3-6-13(9-12)17-15(19)11-18(25(2,21)22)10-14-7-4-8-24-14/h3,5-6,9,14H,4,7-8,10-11H2,1-2H3,(H,17,19). The fourth-order valence-corrected chi connectivity index (χ4v) is 3.32. The second-order valence-electron chi connectivity index (χ2n) is 5.81. The van der Waals surface area contributed by atoms with Gasteiger partial charge in [0.2, 0.25) is 15.9 Å². The number of esters is 1. The number of anilines is 1. The highest BCUT2D eigenvalue weighted by Gasteiger charge is 2.26. The monoisotopic (exact) mass is 370 g/mol. The molecule has 0 radical (unpaired) electrons. The van der Waals surface area contributed by atoms with E-state index in [4.69, 9.17) is 4.74 Å². The molecule has 138 valence electrons. The summed E-state index contributed by atoms with van der Waals surface area (Å²) in [5.41, 5.74) is 0.679. The van der Waals surface area contributed by atoms with Gasteiger partial charge in [-0.1, -0.05) is 6.07 Å². The van der Waals surface area contributed by atoms with Crippen LogP contribution in [0.2, 0.25) is 0 Å². The van der Waals surface area contributed by atoms with Gasteiger partial charge in [-0.05, 0) is 31.0 Å². The molecule has 1 fully saturated rings. The highest BCUT2D eigenvalue weighted by molar-refractivity contribution is 7.88. The molecule has 0 aromatic heterocycles. The Balaban J connectivity index is 2.02. The Morgan fingerprint density at radius 2 is 2.16 bits per heavy atom. The summed E-state index contributed by atoms with van der Waals surface area (Å²) in [5, 5.41) is 2.60. The Hall–Kier alpha value is -1.97. The predicted molar refractivity (Wildman–Crippen MR) is 91.8 cm³/mol. The van der Waals surface area contributed by atoms with Gasteiger partial charge in [-0.3, -0.25) is 4.79 Å². The van der Waals surface area contributed by atoms with Gasteiger partial charge >= 0.3 is 5.97 Å². The van der Waals surface area contributed by atoms with Gasteiger partial charge in [-0.25, -0.2) is 13.2 Å². The third-order valence-corrected chi connectivity index (χ3v) is 5.00. The second-order valence-corrected chi connectivity index (χ2v) is 7.79. The van der Waals surface area contributed by atoms with Gasteiger partial charge in [0.1, 0.15) is 0 Å². The van der Waals surface area contributed by atoms with E-state index >= 15 is 0 Å². The number of rotatable bonds is 7. The van der Waals surface area contributed by atoms with Crippen LogP contribution < -0.4 is 5.32 Å². The lowest BCUT2D eigenvalue weighted by molar-refractivity contribution is -0.116. The predicted octanol–water partition coefficient (Wildman–Crippen LogP) is 0.852. The van der Waals surface area contributed by atoms with Crippen LogP contribution in [0.15, 0.2) is 24.3 Å². The molecule has 25 heavy (non-hydrogen) atoms. The number of methoxy groups -OCH3 is 1. The molecule has 9 heteroatoms. The number of hydrogen-bond donors (Lipinski definition) is 1. The normalized spacial score (nSPS) is 17.5. The number of carbonyl (C=O) groups excluding carboxylic acids is 2. The molecule has 0 saturated carbocycles. The van der Waals surface area contributed by atoms with Crippen LogP contribution in [0.3, 0.4) is 0 Å². The lowest BCUT2D eigenvalue weighted by Gasteiger charge is -2.22. The summed E-state index contributed by atoms with van der Waals surface area (Å²) in [6.07, 6.45) is 2.53. The van der Waals surface area contributed by atoms with Crippen molar-refractivity contribution < 1.29 is 27.5 Å². The number of amides is 1. The Morgan fingerprint density at radius 1 is 1.40 bits per heavy atom. The van der Waals surface area contributed by atoms with Crippen molar-refractivity contribution in [2.75, 3.05) is 38.4 Å². The van der Waals surface area contributed by atoms with Gasteiger partial charge < -0.3 is 14.8 Å². The summed E-state index contributed by atoms with van der Waals surface area (Å²) < 4.78 is 35.0. The zero-order chi connectivity index (χ0) is 18.4. The third-order valence-electron chi connectivity index (χ3n) is 3.79. The topological polar surface area (TPSA) is 102 Å². The highest BCUT2D eigenvalue weighted by atomic mass is 32.2. The van der Waals surface area contributed by atoms with Crippen LogP contribution in [0.5, 0.6) is 0 Å². The van der Waals surface area contributed by atoms with E-state index in [-0.39, 0.29) is 19.2 Å². The van der Waals surface area contributed by atoms with E-state index in [1.54, 1.807) is 18.2 Å². The largest absolute Gasteiger partial charge is 0.465 e. The first kappa shape index (κ1) is 19.4. The van der Waals surface area contributed by atoms with E-state index < -0.39 is 21.9 Å². The smallest absolute Gasteiger partial charge is 0.337 e. The number of carbonyl (C=O) groups is 2. The van der Waals surface area contributed by atoms with Crippen molar-refractivity contribution in [1.29, 1.82) is 0 Å². The molecular formula is C16H22N2O6S. The molecule has 1 atom stereocenters. The summed E-state index contributed by atoms with van der Waals surface area (Å²) in [5.74, 6) is -1.02. The van der Waals surface area contributed by atoms with Crippen molar-refractivity contribution in [3.05, 3.63) is 29.8 Å². The van der Waals surface area contributed by atoms with Crippen LogP contribution in [-0.4, -0.2) is 63.8 Å². The minimum absolute atomic E-state index is 0.147. The van der Waals surface area contributed by atoms with Crippen LogP contribution in [0.1, 0.15) is 23.2 Å². The van der Waals surface area contributed by atoms with Gasteiger partial charge in [-0.2, -0.15) is 4.31 Å². The highest BCUT2D eigenvalue weighted by Crippen LogP contribution is 2.16. The summed E-state index contributed by atoms with van der Waals surface area (Å²) >= 11 is 0. The molecule has 1 heterocycles. The van der Waals surface area contributed by atoms with Crippen molar-refractivity contribution in [2.45, 2.75) is 18.9 Å². The van der Waals surface area contributed by atoms with Crippen molar-refractivity contribution in [2.24, 2.45) is 0 Å². The SMILES string of the molecule is COC(=O)c1cccc(NC(=O)CN(CC2CCCO2)S(C)(=O)=O)c1. The lowest BCUT2D eigenvalue weighted by Crippen LogP contribution is -2.41. The summed E-state index contributed by atoms with van der Waals surface area (Å²) in [6.45, 7) is 0.435. The van der Waals surface area contributed by atoms with Gasteiger partial charge in [-0.15, -0.1) is 0 Å². The summed E-state index contributed by atoms with van der Waals surface area (Å²) in [6, 6.07) is 6.23. The van der Waals surface area contributed by atoms with Crippen LogP contribution in [-0.2, 0) is 24.3 Å². The van der Waals surface area contributed by atoms with Gasteiger partial charge in [0.25, 0.3) is 0 Å². The fraction of sp³-hybridized carbons (Fsp3) is 0.500. The van der Waals surface area contributed by atoms with E-state index in [2.05, 4.69) is 10.1 Å². The van der Waals surface area contributed by atoms with Crippen LogP contribution in [0.25, 0.3) is 0 Å². The molecule has 1 aliphatic rings. The summed E-state index contributed by atoms with van der Waals surface area (Å²) in [4.78, 5) is 23.7. The molecule has 1 aromatic carbocycles. The minimum atomic E-state index is -3.55. The van der Waals surface area contributed by atoms with E-state index in [0.717, 1.165) is 23.4 Å². The zero-order valence-electron chi connectivity index (χ0n) is 14.2. The lowest BCUT2D eigenvalue weighted by atomic mass is 10.2. The maximum absolute atomic E-state index is 12.2. The molecule has 0 bridgehead atoms. The number of hydrogen-bond acceptors (Lipinski definition) is 6. The van der Waals surface area contributed by atoms with Crippen molar-refractivity contribution in [1.82, 2.24) is 4.31 Å². The second kappa shape index (κ2) is 8.41. The molecule has 0 aliphatic carbocycles. The molecule has 8 nitrogen and oxygen atoms in total. The van der Waals surface area contributed by atoms with Crippen molar-refractivity contribution >= 4 is 27.6 Å². The van der Waals surface area contributed by atoms with Gasteiger partial charge in [0.15, 0.2) is 0 Å².